The molecule has 0 saturated carbocycles. The Hall–Kier alpha value is -2.03. The summed E-state index contributed by atoms with van der Waals surface area (Å²) >= 11 is 0. The Morgan fingerprint density at radius 2 is 2.04 bits per heavy atom. The summed E-state index contributed by atoms with van der Waals surface area (Å²) in [5, 5.41) is 7.84. The second-order valence-electron chi connectivity index (χ2n) is 6.85. The average Bonchev–Trinajstić information content (AvgIpc) is 3.07. The molecule has 26 heavy (non-hydrogen) atoms. The number of aryl methyl sites for hydroxylation is 1. The van der Waals surface area contributed by atoms with Gasteiger partial charge in [0.1, 0.15) is 0 Å². The minimum Gasteiger partial charge on any atom is -0.374 e. The molecule has 0 radical (unpaired) electrons. The first kappa shape index (κ1) is 18.8. The standard InChI is InChI=1S/C18H29N7O/c1-5-25-6-7-26-16(17(25)15-11-22-24(4)13-15)12-19-8-14-9-20-18(21-10-14)23(2)3/h9-11,13,16-17,19H,5-8,12H2,1-4H3/t16-,17-/m0/s1. The third-order valence-electron chi connectivity index (χ3n) is 4.69. The molecule has 1 saturated heterocycles. The Balaban J connectivity index is 1.61. The highest BCUT2D eigenvalue weighted by molar-refractivity contribution is 5.26. The van der Waals surface area contributed by atoms with Crippen molar-refractivity contribution in [2.75, 3.05) is 45.2 Å². The van der Waals surface area contributed by atoms with E-state index in [1.165, 1.54) is 5.56 Å². The zero-order chi connectivity index (χ0) is 18.5. The third kappa shape index (κ3) is 4.38. The largest absolute Gasteiger partial charge is 0.374 e. The lowest BCUT2D eigenvalue weighted by Gasteiger charge is -2.40. The van der Waals surface area contributed by atoms with E-state index in [1.807, 2.05) is 49.3 Å². The SMILES string of the molecule is CCN1CCO[C@@H](CNCc2cnc(N(C)C)nc2)[C@@H]1c1cnn(C)c1. The summed E-state index contributed by atoms with van der Waals surface area (Å²) in [6.07, 6.45) is 7.86. The normalized spacial score (nSPS) is 21.1. The van der Waals surface area contributed by atoms with E-state index in [1.54, 1.807) is 0 Å². The lowest BCUT2D eigenvalue weighted by atomic mass is 10.0. The van der Waals surface area contributed by atoms with Gasteiger partial charge in [-0.1, -0.05) is 6.92 Å². The van der Waals surface area contributed by atoms with E-state index in [4.69, 9.17) is 4.74 Å². The fourth-order valence-corrected chi connectivity index (χ4v) is 3.36. The van der Waals surface area contributed by atoms with Crippen molar-refractivity contribution >= 4 is 5.95 Å². The van der Waals surface area contributed by atoms with Crippen LogP contribution in [-0.2, 0) is 18.3 Å². The minimum absolute atomic E-state index is 0.0925. The topological polar surface area (TPSA) is 71.3 Å². The van der Waals surface area contributed by atoms with E-state index < -0.39 is 0 Å². The summed E-state index contributed by atoms with van der Waals surface area (Å²) in [6, 6.07) is 0.224. The Labute approximate surface area is 155 Å². The number of rotatable bonds is 7. The van der Waals surface area contributed by atoms with Crippen LogP contribution < -0.4 is 10.2 Å². The highest BCUT2D eigenvalue weighted by Gasteiger charge is 2.33. The summed E-state index contributed by atoms with van der Waals surface area (Å²) in [7, 11) is 5.82. The quantitative estimate of drug-likeness (QED) is 0.785. The molecule has 2 aromatic heterocycles. The highest BCUT2D eigenvalue weighted by atomic mass is 16.5. The van der Waals surface area contributed by atoms with Crippen LogP contribution >= 0.6 is 0 Å². The van der Waals surface area contributed by atoms with Crippen LogP contribution in [0.25, 0.3) is 0 Å². The van der Waals surface area contributed by atoms with Crippen LogP contribution in [0.15, 0.2) is 24.8 Å². The zero-order valence-electron chi connectivity index (χ0n) is 16.1. The van der Waals surface area contributed by atoms with E-state index >= 15 is 0 Å². The Kier molecular flexibility index (Phi) is 6.18. The molecule has 0 unspecified atom stereocenters. The van der Waals surface area contributed by atoms with Crippen molar-refractivity contribution in [2.24, 2.45) is 7.05 Å². The summed E-state index contributed by atoms with van der Waals surface area (Å²) in [6.45, 7) is 6.40. The molecule has 8 nitrogen and oxygen atoms in total. The second-order valence-corrected chi connectivity index (χ2v) is 6.85. The smallest absolute Gasteiger partial charge is 0.224 e. The lowest BCUT2D eigenvalue weighted by Crippen LogP contribution is -2.48. The molecular weight excluding hydrogens is 330 g/mol. The van der Waals surface area contributed by atoms with E-state index in [0.29, 0.717) is 0 Å². The van der Waals surface area contributed by atoms with Crippen molar-refractivity contribution in [3.05, 3.63) is 35.9 Å². The van der Waals surface area contributed by atoms with Gasteiger partial charge in [-0.3, -0.25) is 9.58 Å². The van der Waals surface area contributed by atoms with Crippen LogP contribution in [0.1, 0.15) is 24.1 Å². The number of ether oxygens (including phenoxy) is 1. The van der Waals surface area contributed by atoms with Gasteiger partial charge in [-0.15, -0.1) is 0 Å². The maximum Gasteiger partial charge on any atom is 0.224 e. The molecule has 3 heterocycles. The molecule has 142 valence electrons. The van der Waals surface area contributed by atoms with Crippen molar-refractivity contribution < 1.29 is 4.74 Å². The molecule has 0 amide bonds. The predicted molar refractivity (Wildman–Crippen MR) is 101 cm³/mol. The van der Waals surface area contributed by atoms with Crippen molar-refractivity contribution in [3.63, 3.8) is 0 Å². The van der Waals surface area contributed by atoms with Gasteiger partial charge in [0.15, 0.2) is 0 Å². The van der Waals surface area contributed by atoms with Gasteiger partial charge >= 0.3 is 0 Å². The van der Waals surface area contributed by atoms with Crippen molar-refractivity contribution in [3.8, 4) is 0 Å². The van der Waals surface area contributed by atoms with Crippen molar-refractivity contribution in [1.82, 2.24) is 30.0 Å². The first-order valence-electron chi connectivity index (χ1n) is 9.11. The summed E-state index contributed by atoms with van der Waals surface area (Å²) in [4.78, 5) is 13.1. The molecule has 1 aliphatic rings. The molecule has 0 aliphatic carbocycles. The summed E-state index contributed by atoms with van der Waals surface area (Å²) in [5.41, 5.74) is 2.27. The Bertz CT molecular complexity index is 685. The van der Waals surface area contributed by atoms with E-state index in [-0.39, 0.29) is 12.1 Å². The van der Waals surface area contributed by atoms with Crippen LogP contribution in [0.5, 0.6) is 0 Å². The maximum absolute atomic E-state index is 6.10. The first-order valence-corrected chi connectivity index (χ1v) is 9.11. The molecule has 3 rings (SSSR count). The van der Waals surface area contributed by atoms with E-state index in [2.05, 4.69) is 38.4 Å². The van der Waals surface area contributed by atoms with Gasteiger partial charge in [0.05, 0.1) is 24.9 Å². The van der Waals surface area contributed by atoms with Crippen LogP contribution in [0, 0.1) is 0 Å². The molecule has 2 atom stereocenters. The number of aromatic nitrogens is 4. The van der Waals surface area contributed by atoms with Gasteiger partial charge in [-0.25, -0.2) is 9.97 Å². The number of anilines is 1. The Morgan fingerprint density at radius 3 is 2.65 bits per heavy atom. The van der Waals surface area contributed by atoms with Gasteiger partial charge in [-0.05, 0) is 6.54 Å². The highest BCUT2D eigenvalue weighted by Crippen LogP contribution is 2.28. The van der Waals surface area contributed by atoms with E-state index in [9.17, 15) is 0 Å². The molecule has 0 aromatic carbocycles. The van der Waals surface area contributed by atoms with Gasteiger partial charge in [0, 0.05) is 70.5 Å². The summed E-state index contributed by atoms with van der Waals surface area (Å²) < 4.78 is 7.95. The first-order chi connectivity index (χ1) is 12.6. The van der Waals surface area contributed by atoms with Crippen LogP contribution in [0.4, 0.5) is 5.95 Å². The van der Waals surface area contributed by atoms with Crippen LogP contribution in [-0.4, -0.2) is 71.1 Å². The van der Waals surface area contributed by atoms with Crippen molar-refractivity contribution in [1.29, 1.82) is 0 Å². The zero-order valence-corrected chi connectivity index (χ0v) is 16.1. The monoisotopic (exact) mass is 359 g/mol. The molecule has 8 heteroatoms. The second kappa shape index (κ2) is 8.57. The minimum atomic E-state index is 0.0925. The predicted octanol–water partition coefficient (Wildman–Crippen LogP) is 0.828. The number of morpholine rings is 1. The maximum atomic E-state index is 6.10. The molecule has 0 bridgehead atoms. The van der Waals surface area contributed by atoms with Gasteiger partial charge in [-0.2, -0.15) is 5.10 Å². The fourth-order valence-electron chi connectivity index (χ4n) is 3.36. The number of nitrogens with one attached hydrogen (secondary N) is 1. The third-order valence-corrected chi connectivity index (χ3v) is 4.69. The molecule has 2 aromatic rings. The molecule has 1 fully saturated rings. The van der Waals surface area contributed by atoms with Gasteiger partial charge < -0.3 is 15.0 Å². The van der Waals surface area contributed by atoms with Gasteiger partial charge in [0.2, 0.25) is 5.95 Å². The van der Waals surface area contributed by atoms with Crippen molar-refractivity contribution in [2.45, 2.75) is 25.6 Å². The molecular formula is C18H29N7O. The number of hydrogen-bond acceptors (Lipinski definition) is 7. The molecule has 1 aliphatic heterocycles. The fraction of sp³-hybridized carbons (Fsp3) is 0.611. The average molecular weight is 359 g/mol. The lowest BCUT2D eigenvalue weighted by molar-refractivity contribution is -0.0695. The molecule has 0 spiro atoms. The number of hydrogen-bond donors (Lipinski definition) is 1. The molecule has 1 N–H and O–H groups in total. The number of nitrogens with zero attached hydrogens (tertiary/aromatic N) is 6. The van der Waals surface area contributed by atoms with Gasteiger partial charge in [0.25, 0.3) is 0 Å². The summed E-state index contributed by atoms with van der Waals surface area (Å²) in [5.74, 6) is 0.722. The number of likely N-dealkylation sites (N-methyl/N-ethyl adjacent to an activating group) is 1. The van der Waals surface area contributed by atoms with Crippen LogP contribution in [0.2, 0.25) is 0 Å². The Morgan fingerprint density at radius 1 is 1.27 bits per heavy atom. The van der Waals surface area contributed by atoms with E-state index in [0.717, 1.165) is 44.3 Å². The van der Waals surface area contributed by atoms with Crippen LogP contribution in [0.3, 0.4) is 0 Å².